The second-order valence-corrected chi connectivity index (χ2v) is 4.42. The molecule has 1 fully saturated rings. The molecule has 2 rings (SSSR count). The summed E-state index contributed by atoms with van der Waals surface area (Å²) in [7, 11) is 0. The largest absolute Gasteiger partial charge is 0.450 e. The highest BCUT2D eigenvalue weighted by atomic mass is 16.5. The molecule has 1 aromatic rings. The molecule has 1 aromatic carbocycles. The molecule has 0 atom stereocenters. The zero-order valence-electron chi connectivity index (χ0n) is 9.32. The van der Waals surface area contributed by atoms with Crippen LogP contribution in [0.25, 0.3) is 0 Å². The van der Waals surface area contributed by atoms with Gasteiger partial charge in [0.25, 0.3) is 0 Å². The summed E-state index contributed by atoms with van der Waals surface area (Å²) in [5.41, 5.74) is 6.53. The van der Waals surface area contributed by atoms with Crippen molar-refractivity contribution in [2.75, 3.05) is 6.61 Å². The zero-order valence-corrected chi connectivity index (χ0v) is 9.32. The van der Waals surface area contributed by atoms with Crippen molar-refractivity contribution in [1.82, 2.24) is 0 Å². The van der Waals surface area contributed by atoms with Crippen molar-refractivity contribution in [2.45, 2.75) is 31.1 Å². The second-order valence-electron chi connectivity index (χ2n) is 4.42. The van der Waals surface area contributed by atoms with Gasteiger partial charge in [-0.15, -0.1) is 0 Å². The minimum atomic E-state index is -0.678. The predicted octanol–water partition coefficient (Wildman–Crippen LogP) is 2.59. The summed E-state index contributed by atoms with van der Waals surface area (Å²) >= 11 is 0. The van der Waals surface area contributed by atoms with Gasteiger partial charge in [-0.1, -0.05) is 36.8 Å². The molecule has 1 amide bonds. The van der Waals surface area contributed by atoms with E-state index in [4.69, 9.17) is 10.5 Å². The fourth-order valence-electron chi connectivity index (χ4n) is 2.43. The average Bonchev–Trinajstić information content (AvgIpc) is 2.23. The first-order valence-corrected chi connectivity index (χ1v) is 5.71. The first-order valence-electron chi connectivity index (χ1n) is 5.71. The average molecular weight is 219 g/mol. The number of primary amides is 1. The molecular weight excluding hydrogens is 202 g/mol. The molecule has 0 spiro atoms. The third-order valence-corrected chi connectivity index (χ3v) is 3.52. The molecule has 0 aliphatic heterocycles. The maximum Gasteiger partial charge on any atom is 0.404 e. The Kier molecular flexibility index (Phi) is 3.13. The summed E-state index contributed by atoms with van der Waals surface area (Å²) < 4.78 is 4.83. The van der Waals surface area contributed by atoms with E-state index < -0.39 is 6.09 Å². The van der Waals surface area contributed by atoms with Gasteiger partial charge in [0.15, 0.2) is 0 Å². The smallest absolute Gasteiger partial charge is 0.404 e. The Balaban J connectivity index is 2.00. The number of rotatable bonds is 4. The molecule has 0 unspecified atom stereocenters. The summed E-state index contributed by atoms with van der Waals surface area (Å²) in [4.78, 5) is 10.5. The minimum absolute atomic E-state index is 0.219. The van der Waals surface area contributed by atoms with Gasteiger partial charge in [0.05, 0.1) is 6.61 Å². The normalized spacial score (nSPS) is 17.5. The Bertz CT molecular complexity index is 357. The van der Waals surface area contributed by atoms with Crippen LogP contribution in [0, 0.1) is 0 Å². The summed E-state index contributed by atoms with van der Waals surface area (Å²) in [6.07, 6.45) is 3.81. The Morgan fingerprint density at radius 2 is 2.00 bits per heavy atom. The number of benzene rings is 1. The number of hydrogen-bond acceptors (Lipinski definition) is 2. The molecule has 3 heteroatoms. The summed E-state index contributed by atoms with van der Waals surface area (Å²) in [5.74, 6) is 0. The quantitative estimate of drug-likeness (QED) is 0.846. The first-order chi connectivity index (χ1) is 7.73. The van der Waals surface area contributed by atoms with Gasteiger partial charge in [-0.3, -0.25) is 0 Å². The van der Waals surface area contributed by atoms with E-state index in [-0.39, 0.29) is 5.41 Å². The summed E-state index contributed by atoms with van der Waals surface area (Å²) in [5, 5.41) is 0. The van der Waals surface area contributed by atoms with Gasteiger partial charge < -0.3 is 10.5 Å². The Hall–Kier alpha value is -1.51. The van der Waals surface area contributed by atoms with Crippen LogP contribution in [0.3, 0.4) is 0 Å². The van der Waals surface area contributed by atoms with Crippen molar-refractivity contribution < 1.29 is 9.53 Å². The predicted molar refractivity (Wildman–Crippen MR) is 62.1 cm³/mol. The lowest BCUT2D eigenvalue weighted by atomic mass is 9.63. The molecule has 16 heavy (non-hydrogen) atoms. The highest BCUT2D eigenvalue weighted by Crippen LogP contribution is 2.46. The molecule has 1 aliphatic rings. The molecule has 2 N–H and O–H groups in total. The Morgan fingerprint density at radius 1 is 1.31 bits per heavy atom. The lowest BCUT2D eigenvalue weighted by Gasteiger charge is -2.42. The number of nitrogens with two attached hydrogens (primary N) is 1. The van der Waals surface area contributed by atoms with Crippen LogP contribution in [0.15, 0.2) is 30.3 Å². The molecule has 0 saturated heterocycles. The Labute approximate surface area is 95.6 Å². The number of carbonyl (C=O) groups excluding carboxylic acids is 1. The molecule has 0 aromatic heterocycles. The monoisotopic (exact) mass is 219 g/mol. The van der Waals surface area contributed by atoms with E-state index >= 15 is 0 Å². The van der Waals surface area contributed by atoms with Gasteiger partial charge in [-0.2, -0.15) is 0 Å². The first kappa shape index (κ1) is 11.0. The standard InChI is InChI=1S/C13H17NO2/c14-12(15)16-10-9-13(7-4-8-13)11-5-2-1-3-6-11/h1-3,5-6H,4,7-10H2,(H2,14,15). The lowest BCUT2D eigenvalue weighted by Crippen LogP contribution is -2.36. The molecule has 0 bridgehead atoms. The van der Waals surface area contributed by atoms with Crippen LogP contribution in [0.2, 0.25) is 0 Å². The van der Waals surface area contributed by atoms with Crippen molar-refractivity contribution in [3.8, 4) is 0 Å². The molecular formula is C13H17NO2. The van der Waals surface area contributed by atoms with E-state index in [0.717, 1.165) is 6.42 Å². The van der Waals surface area contributed by atoms with Gasteiger partial charge in [0, 0.05) is 0 Å². The van der Waals surface area contributed by atoms with Crippen LogP contribution in [-0.4, -0.2) is 12.7 Å². The van der Waals surface area contributed by atoms with Crippen molar-refractivity contribution in [3.63, 3.8) is 0 Å². The van der Waals surface area contributed by atoms with Crippen LogP contribution in [0.5, 0.6) is 0 Å². The molecule has 0 heterocycles. The van der Waals surface area contributed by atoms with Crippen LogP contribution < -0.4 is 5.73 Å². The van der Waals surface area contributed by atoms with Crippen LogP contribution >= 0.6 is 0 Å². The topological polar surface area (TPSA) is 52.3 Å². The maximum atomic E-state index is 10.5. The van der Waals surface area contributed by atoms with Gasteiger partial charge >= 0.3 is 6.09 Å². The minimum Gasteiger partial charge on any atom is -0.450 e. The SMILES string of the molecule is NC(=O)OCCC1(c2ccccc2)CCC1. The van der Waals surface area contributed by atoms with E-state index in [2.05, 4.69) is 24.3 Å². The number of ether oxygens (including phenoxy) is 1. The van der Waals surface area contributed by atoms with Gasteiger partial charge in [0.1, 0.15) is 0 Å². The van der Waals surface area contributed by atoms with Gasteiger partial charge in [-0.05, 0) is 30.2 Å². The van der Waals surface area contributed by atoms with Crippen molar-refractivity contribution in [2.24, 2.45) is 5.73 Å². The molecule has 3 nitrogen and oxygen atoms in total. The van der Waals surface area contributed by atoms with Gasteiger partial charge in [-0.25, -0.2) is 4.79 Å². The van der Waals surface area contributed by atoms with E-state index in [1.54, 1.807) is 0 Å². The van der Waals surface area contributed by atoms with Crippen LogP contribution in [0.1, 0.15) is 31.2 Å². The molecule has 1 saturated carbocycles. The van der Waals surface area contributed by atoms with Gasteiger partial charge in [0.2, 0.25) is 0 Å². The second kappa shape index (κ2) is 4.56. The van der Waals surface area contributed by atoms with E-state index in [9.17, 15) is 4.79 Å². The van der Waals surface area contributed by atoms with E-state index in [1.165, 1.54) is 24.8 Å². The molecule has 86 valence electrons. The van der Waals surface area contributed by atoms with Crippen LogP contribution in [-0.2, 0) is 10.2 Å². The number of hydrogen-bond donors (Lipinski definition) is 1. The van der Waals surface area contributed by atoms with E-state index in [1.807, 2.05) is 6.07 Å². The third kappa shape index (κ3) is 2.18. The highest BCUT2D eigenvalue weighted by Gasteiger charge is 2.38. The van der Waals surface area contributed by atoms with Crippen molar-refractivity contribution >= 4 is 6.09 Å². The zero-order chi connectivity index (χ0) is 11.4. The fraction of sp³-hybridized carbons (Fsp3) is 0.462. The highest BCUT2D eigenvalue weighted by molar-refractivity contribution is 5.64. The van der Waals surface area contributed by atoms with E-state index in [0.29, 0.717) is 6.61 Å². The fourth-order valence-corrected chi connectivity index (χ4v) is 2.43. The number of amides is 1. The number of carbonyl (C=O) groups is 1. The molecule has 0 radical (unpaired) electrons. The van der Waals surface area contributed by atoms with Crippen molar-refractivity contribution in [1.29, 1.82) is 0 Å². The Morgan fingerprint density at radius 3 is 2.50 bits per heavy atom. The summed E-state index contributed by atoms with van der Waals surface area (Å²) in [6.45, 7) is 0.421. The molecule has 1 aliphatic carbocycles. The third-order valence-electron chi connectivity index (χ3n) is 3.52. The summed E-state index contributed by atoms with van der Waals surface area (Å²) in [6, 6.07) is 10.5. The van der Waals surface area contributed by atoms with Crippen LogP contribution in [0.4, 0.5) is 4.79 Å². The van der Waals surface area contributed by atoms with Crippen molar-refractivity contribution in [3.05, 3.63) is 35.9 Å². The maximum absolute atomic E-state index is 10.5. The lowest BCUT2D eigenvalue weighted by molar-refractivity contribution is 0.124.